The molecule has 27 heavy (non-hydrogen) atoms. The van der Waals surface area contributed by atoms with Crippen molar-refractivity contribution in [1.82, 2.24) is 9.97 Å². The summed E-state index contributed by atoms with van der Waals surface area (Å²) in [5.74, 6) is -2.64. The first kappa shape index (κ1) is 18.7. The number of anilines is 1. The Kier molecular flexibility index (Phi) is 5.92. The van der Waals surface area contributed by atoms with Gasteiger partial charge in [-0.1, -0.05) is 0 Å². The molecule has 5 nitrogen and oxygen atoms in total. The van der Waals surface area contributed by atoms with Crippen molar-refractivity contribution >= 4 is 23.5 Å². The molecule has 1 aromatic carbocycles. The topological polar surface area (TPSA) is 64.1 Å². The Hall–Kier alpha value is -3.07. The van der Waals surface area contributed by atoms with Crippen LogP contribution in [0.1, 0.15) is 10.4 Å². The van der Waals surface area contributed by atoms with E-state index in [1.807, 2.05) is 0 Å². The molecule has 0 saturated heterocycles. The van der Waals surface area contributed by atoms with E-state index in [2.05, 4.69) is 15.3 Å². The number of carbonyl (C=O) groups excluding carboxylic acids is 1. The van der Waals surface area contributed by atoms with Crippen molar-refractivity contribution in [1.29, 1.82) is 0 Å². The van der Waals surface area contributed by atoms with Gasteiger partial charge in [-0.05, 0) is 60.3 Å². The molecule has 0 fully saturated rings. The number of ether oxygens (including phenoxy) is 1. The van der Waals surface area contributed by atoms with Gasteiger partial charge in [0.15, 0.2) is 0 Å². The molecule has 0 atom stereocenters. The molecule has 3 aromatic rings. The average Bonchev–Trinajstić information content (AvgIpc) is 2.65. The summed E-state index contributed by atoms with van der Waals surface area (Å²) in [4.78, 5) is 20.2. The van der Waals surface area contributed by atoms with Gasteiger partial charge >= 0.3 is 0 Å². The highest BCUT2D eigenvalue weighted by atomic mass is 32.2. The van der Waals surface area contributed by atoms with Crippen LogP contribution in [-0.4, -0.2) is 21.6 Å². The third-order valence-corrected chi connectivity index (χ3v) is 3.97. The Balaban J connectivity index is 1.68. The van der Waals surface area contributed by atoms with Gasteiger partial charge in [-0.2, -0.15) is 8.78 Å². The second-order valence-corrected chi connectivity index (χ2v) is 6.10. The van der Waals surface area contributed by atoms with Crippen LogP contribution in [0.3, 0.4) is 0 Å². The lowest BCUT2D eigenvalue weighted by Gasteiger charge is -2.09. The predicted octanol–water partition coefficient (Wildman–Crippen LogP) is 4.98. The minimum absolute atomic E-state index is 0.0243. The first-order chi connectivity index (χ1) is 13.0. The fourth-order valence-corrected chi connectivity index (χ4v) is 2.66. The number of halogens is 3. The fraction of sp³-hybridized carbons (Fsp3) is 0.0556. The van der Waals surface area contributed by atoms with Gasteiger partial charge < -0.3 is 10.1 Å². The number of nitrogens with one attached hydrogen (secondary N) is 1. The molecular weight excluding hydrogens is 379 g/mol. The summed E-state index contributed by atoms with van der Waals surface area (Å²) in [6.07, 6.45) is 2.71. The van der Waals surface area contributed by atoms with Crippen molar-refractivity contribution < 1.29 is 22.7 Å². The number of pyridine rings is 2. The normalized spacial score (nSPS) is 10.7. The Labute approximate surface area is 156 Å². The third-order valence-electron chi connectivity index (χ3n) is 3.24. The number of aromatic nitrogens is 2. The van der Waals surface area contributed by atoms with E-state index in [4.69, 9.17) is 4.74 Å². The number of alkyl halides is 2. The van der Waals surface area contributed by atoms with E-state index in [9.17, 15) is 18.0 Å². The minimum Gasteiger partial charge on any atom is -0.456 e. The highest BCUT2D eigenvalue weighted by molar-refractivity contribution is 7.99. The molecular formula is C18H12F3N3O2S. The van der Waals surface area contributed by atoms with E-state index in [0.29, 0.717) is 11.5 Å². The summed E-state index contributed by atoms with van der Waals surface area (Å²) in [6.45, 7) is 0. The monoisotopic (exact) mass is 391 g/mol. The standard InChI is InChI=1S/C18H12F3N3O2S/c19-11-3-5-12(6-4-11)26-13-7-8-15(23-10-13)24-16(25)14-2-1-9-22-17(14)27-18(20)21/h1-10,18H,(H,23,24,25). The van der Waals surface area contributed by atoms with Crippen LogP contribution in [0.5, 0.6) is 11.5 Å². The number of hydrogen-bond acceptors (Lipinski definition) is 5. The van der Waals surface area contributed by atoms with Gasteiger partial charge in [0.25, 0.3) is 11.7 Å². The van der Waals surface area contributed by atoms with Crippen molar-refractivity contribution in [3.05, 3.63) is 72.3 Å². The number of thioether (sulfide) groups is 1. The highest BCUT2D eigenvalue weighted by Gasteiger charge is 2.17. The van der Waals surface area contributed by atoms with E-state index in [-0.39, 0.29) is 34.0 Å². The minimum atomic E-state index is -2.69. The summed E-state index contributed by atoms with van der Waals surface area (Å²) in [7, 11) is 0. The van der Waals surface area contributed by atoms with Crippen LogP contribution >= 0.6 is 11.8 Å². The van der Waals surface area contributed by atoms with Gasteiger partial charge in [-0.3, -0.25) is 4.79 Å². The molecule has 0 bridgehead atoms. The maximum atomic E-state index is 12.9. The van der Waals surface area contributed by atoms with Gasteiger partial charge in [0, 0.05) is 6.20 Å². The molecule has 0 spiro atoms. The van der Waals surface area contributed by atoms with Crippen LogP contribution in [-0.2, 0) is 0 Å². The zero-order chi connectivity index (χ0) is 19.2. The lowest BCUT2D eigenvalue weighted by molar-refractivity contribution is 0.102. The molecule has 0 saturated carbocycles. The molecule has 2 heterocycles. The van der Waals surface area contributed by atoms with Crippen molar-refractivity contribution in [3.63, 3.8) is 0 Å². The van der Waals surface area contributed by atoms with Gasteiger partial charge in [-0.15, -0.1) is 0 Å². The fourth-order valence-electron chi connectivity index (χ4n) is 2.08. The second kappa shape index (κ2) is 8.54. The smallest absolute Gasteiger partial charge is 0.290 e. The lowest BCUT2D eigenvalue weighted by atomic mass is 10.2. The van der Waals surface area contributed by atoms with Crippen LogP contribution in [0.2, 0.25) is 0 Å². The summed E-state index contributed by atoms with van der Waals surface area (Å²) in [6, 6.07) is 11.4. The van der Waals surface area contributed by atoms with Crippen LogP contribution in [0, 0.1) is 5.82 Å². The molecule has 3 rings (SSSR count). The SMILES string of the molecule is O=C(Nc1ccc(Oc2ccc(F)cc2)cn1)c1cccnc1SC(F)F. The largest absolute Gasteiger partial charge is 0.456 e. The maximum Gasteiger partial charge on any atom is 0.290 e. The van der Waals surface area contributed by atoms with Crippen molar-refractivity contribution in [2.75, 3.05) is 5.32 Å². The molecule has 0 aliphatic heterocycles. The maximum absolute atomic E-state index is 12.9. The molecule has 9 heteroatoms. The lowest BCUT2D eigenvalue weighted by Crippen LogP contribution is -2.14. The number of benzene rings is 1. The van der Waals surface area contributed by atoms with E-state index in [1.165, 1.54) is 54.9 Å². The van der Waals surface area contributed by atoms with Crippen molar-refractivity contribution in [3.8, 4) is 11.5 Å². The molecule has 1 amide bonds. The molecule has 0 radical (unpaired) electrons. The summed E-state index contributed by atoms with van der Waals surface area (Å²) >= 11 is 0.196. The van der Waals surface area contributed by atoms with E-state index in [1.54, 1.807) is 6.07 Å². The number of nitrogens with zero attached hydrogens (tertiary/aromatic N) is 2. The zero-order valence-corrected chi connectivity index (χ0v) is 14.4. The first-order valence-corrected chi connectivity index (χ1v) is 8.50. The number of hydrogen-bond donors (Lipinski definition) is 1. The summed E-state index contributed by atoms with van der Waals surface area (Å²) in [5.41, 5.74) is 0.0243. The highest BCUT2D eigenvalue weighted by Crippen LogP contribution is 2.27. The summed E-state index contributed by atoms with van der Waals surface area (Å²) < 4.78 is 43.5. The predicted molar refractivity (Wildman–Crippen MR) is 94.8 cm³/mol. The average molecular weight is 391 g/mol. The van der Waals surface area contributed by atoms with Crippen molar-refractivity contribution in [2.24, 2.45) is 0 Å². The molecule has 138 valence electrons. The van der Waals surface area contributed by atoms with Gasteiger partial charge in [0.2, 0.25) is 0 Å². The third kappa shape index (κ3) is 5.20. The Morgan fingerprint density at radius 2 is 1.78 bits per heavy atom. The van der Waals surface area contributed by atoms with E-state index >= 15 is 0 Å². The van der Waals surface area contributed by atoms with Gasteiger partial charge in [-0.25, -0.2) is 14.4 Å². The number of amides is 1. The Morgan fingerprint density at radius 1 is 1.04 bits per heavy atom. The Morgan fingerprint density at radius 3 is 2.44 bits per heavy atom. The number of carbonyl (C=O) groups is 1. The van der Waals surface area contributed by atoms with Crippen LogP contribution in [0.25, 0.3) is 0 Å². The summed E-state index contributed by atoms with van der Waals surface area (Å²) in [5, 5.41) is 2.45. The first-order valence-electron chi connectivity index (χ1n) is 7.62. The van der Waals surface area contributed by atoms with Crippen molar-refractivity contribution in [2.45, 2.75) is 10.8 Å². The molecule has 0 aliphatic rings. The second-order valence-electron chi connectivity index (χ2n) is 5.12. The quantitative estimate of drug-likeness (QED) is 0.601. The number of rotatable bonds is 6. The molecule has 2 aromatic heterocycles. The van der Waals surface area contributed by atoms with Crippen LogP contribution < -0.4 is 10.1 Å². The molecule has 0 aliphatic carbocycles. The van der Waals surface area contributed by atoms with Gasteiger partial charge in [0.1, 0.15) is 28.2 Å². The van der Waals surface area contributed by atoms with Crippen LogP contribution in [0.4, 0.5) is 19.0 Å². The molecule has 0 unspecified atom stereocenters. The Bertz CT molecular complexity index is 922. The van der Waals surface area contributed by atoms with E-state index in [0.717, 1.165) is 0 Å². The van der Waals surface area contributed by atoms with Gasteiger partial charge in [0.05, 0.1) is 11.8 Å². The van der Waals surface area contributed by atoms with Crippen LogP contribution in [0.15, 0.2) is 66.0 Å². The van der Waals surface area contributed by atoms with E-state index < -0.39 is 11.7 Å². The molecule has 1 N–H and O–H groups in total. The zero-order valence-electron chi connectivity index (χ0n) is 13.6.